The van der Waals surface area contributed by atoms with Crippen LogP contribution in [0.1, 0.15) is 0 Å². The molecule has 2 aromatic heterocycles. The van der Waals surface area contributed by atoms with Crippen LogP contribution in [0.3, 0.4) is 0 Å². The number of nitrogens with zero attached hydrogens (tertiary/aromatic N) is 3. The van der Waals surface area contributed by atoms with Gasteiger partial charge in [0.25, 0.3) is 0 Å². The zero-order valence-corrected chi connectivity index (χ0v) is 13.6. The van der Waals surface area contributed by atoms with Crippen molar-refractivity contribution in [3.05, 3.63) is 36.5 Å². The van der Waals surface area contributed by atoms with Gasteiger partial charge in [0.05, 0.1) is 37.2 Å². The van der Waals surface area contributed by atoms with E-state index in [9.17, 15) is 5.21 Å². The average molecular weight is 313 g/mol. The first kappa shape index (κ1) is 15.2. The normalized spacial score (nSPS) is 10.8. The number of hydrogen-bond donors (Lipinski definition) is 1. The predicted octanol–water partition coefficient (Wildman–Crippen LogP) is 3.08. The van der Waals surface area contributed by atoms with Crippen LogP contribution in [-0.2, 0) is 7.05 Å². The van der Waals surface area contributed by atoms with E-state index < -0.39 is 0 Å². The summed E-state index contributed by atoms with van der Waals surface area (Å²) in [5.74, 6) is 1.96. The van der Waals surface area contributed by atoms with Gasteiger partial charge in [0, 0.05) is 19.5 Å². The third-order valence-electron chi connectivity index (χ3n) is 3.93. The molecule has 1 aromatic carbocycles. The van der Waals surface area contributed by atoms with Crippen molar-refractivity contribution in [3.8, 4) is 22.8 Å². The summed E-state index contributed by atoms with van der Waals surface area (Å²) in [6.07, 6.45) is 1.74. The number of anilines is 1. The van der Waals surface area contributed by atoms with Gasteiger partial charge in [0.2, 0.25) is 0 Å². The molecule has 3 rings (SSSR count). The second kappa shape index (κ2) is 5.81. The van der Waals surface area contributed by atoms with Crippen molar-refractivity contribution in [2.75, 3.05) is 26.3 Å². The zero-order chi connectivity index (χ0) is 16.6. The van der Waals surface area contributed by atoms with Crippen LogP contribution < -0.4 is 14.5 Å². The van der Waals surface area contributed by atoms with Gasteiger partial charge in [-0.3, -0.25) is 5.21 Å². The van der Waals surface area contributed by atoms with Gasteiger partial charge in [-0.25, -0.2) is 10.0 Å². The minimum Gasteiger partial charge on any atom is -0.496 e. The Morgan fingerprint density at radius 1 is 1.13 bits per heavy atom. The van der Waals surface area contributed by atoms with E-state index in [1.165, 1.54) is 0 Å². The summed E-state index contributed by atoms with van der Waals surface area (Å²) in [7, 11) is 6.79. The molecule has 0 atom stereocenters. The van der Waals surface area contributed by atoms with Gasteiger partial charge in [-0.2, -0.15) is 0 Å². The molecule has 2 heterocycles. The van der Waals surface area contributed by atoms with E-state index in [-0.39, 0.29) is 0 Å². The second-order valence-corrected chi connectivity index (χ2v) is 5.25. The van der Waals surface area contributed by atoms with Crippen molar-refractivity contribution < 1.29 is 14.7 Å². The molecule has 0 spiro atoms. The Morgan fingerprint density at radius 3 is 2.35 bits per heavy atom. The maximum absolute atomic E-state index is 9.56. The average Bonchev–Trinajstić information content (AvgIpc) is 2.89. The van der Waals surface area contributed by atoms with E-state index in [1.807, 2.05) is 41.9 Å². The molecule has 3 aromatic rings. The second-order valence-electron chi connectivity index (χ2n) is 5.25. The van der Waals surface area contributed by atoms with E-state index in [0.717, 1.165) is 38.7 Å². The lowest BCUT2D eigenvalue weighted by molar-refractivity contribution is 0.276. The van der Waals surface area contributed by atoms with Gasteiger partial charge < -0.3 is 14.0 Å². The van der Waals surface area contributed by atoms with E-state index in [4.69, 9.17) is 9.47 Å². The van der Waals surface area contributed by atoms with Gasteiger partial charge in [-0.15, -0.1) is 0 Å². The van der Waals surface area contributed by atoms with Gasteiger partial charge in [0.15, 0.2) is 5.82 Å². The fourth-order valence-electron chi connectivity index (χ4n) is 2.74. The van der Waals surface area contributed by atoms with E-state index in [1.54, 1.807) is 27.5 Å². The molecule has 23 heavy (non-hydrogen) atoms. The molecule has 6 heteroatoms. The largest absolute Gasteiger partial charge is 0.496 e. The Bertz CT molecular complexity index is 833. The summed E-state index contributed by atoms with van der Waals surface area (Å²) in [5.41, 5.74) is 2.79. The Morgan fingerprint density at radius 2 is 1.78 bits per heavy atom. The number of hydrogen-bond acceptors (Lipinski definition) is 5. The fourth-order valence-corrected chi connectivity index (χ4v) is 2.74. The highest BCUT2D eigenvalue weighted by molar-refractivity contribution is 5.90. The van der Waals surface area contributed by atoms with Crippen LogP contribution >= 0.6 is 0 Å². The van der Waals surface area contributed by atoms with Crippen molar-refractivity contribution in [1.82, 2.24) is 9.55 Å². The van der Waals surface area contributed by atoms with Gasteiger partial charge in [-0.05, 0) is 24.3 Å². The molecule has 0 unspecified atom stereocenters. The highest BCUT2D eigenvalue weighted by Gasteiger charge is 2.17. The number of benzene rings is 1. The topological polar surface area (TPSA) is 59.8 Å². The summed E-state index contributed by atoms with van der Waals surface area (Å²) in [6.45, 7) is 0. The lowest BCUT2D eigenvalue weighted by atomic mass is 10.1. The highest BCUT2D eigenvalue weighted by Crippen LogP contribution is 2.40. The molecule has 0 saturated carbocycles. The molecular weight excluding hydrogens is 294 g/mol. The van der Waals surface area contributed by atoms with Gasteiger partial charge in [-0.1, -0.05) is 6.07 Å². The summed E-state index contributed by atoms with van der Waals surface area (Å²) < 4.78 is 13.0. The third kappa shape index (κ3) is 2.47. The Labute approximate surface area is 134 Å². The third-order valence-corrected chi connectivity index (χ3v) is 3.93. The number of fused-ring (bicyclic) bond motifs is 1. The number of aryl methyl sites for hydroxylation is 1. The summed E-state index contributed by atoms with van der Waals surface area (Å²) in [5, 5.41) is 11.5. The number of aromatic nitrogens is 2. The van der Waals surface area contributed by atoms with E-state index in [0.29, 0.717) is 5.82 Å². The summed E-state index contributed by atoms with van der Waals surface area (Å²) >= 11 is 0. The van der Waals surface area contributed by atoms with Crippen LogP contribution in [0.4, 0.5) is 5.82 Å². The molecule has 0 bridgehead atoms. The molecule has 0 aliphatic carbocycles. The Kier molecular flexibility index (Phi) is 3.83. The zero-order valence-electron chi connectivity index (χ0n) is 13.6. The molecule has 6 nitrogen and oxygen atoms in total. The maximum atomic E-state index is 9.56. The molecule has 0 saturated heterocycles. The lowest BCUT2D eigenvalue weighted by Gasteiger charge is -2.13. The van der Waals surface area contributed by atoms with Crippen LogP contribution in [0, 0.1) is 0 Å². The van der Waals surface area contributed by atoms with Crippen molar-refractivity contribution in [2.45, 2.75) is 0 Å². The van der Waals surface area contributed by atoms with Crippen molar-refractivity contribution in [3.63, 3.8) is 0 Å². The number of methoxy groups -OCH3 is 2. The van der Waals surface area contributed by atoms with Crippen LogP contribution in [0.25, 0.3) is 22.2 Å². The molecule has 0 aliphatic heterocycles. The maximum Gasteiger partial charge on any atom is 0.152 e. The number of ether oxygens (including phenoxy) is 2. The first-order valence-corrected chi connectivity index (χ1v) is 7.16. The van der Waals surface area contributed by atoms with Crippen molar-refractivity contribution >= 4 is 16.7 Å². The first-order chi connectivity index (χ1) is 11.1. The van der Waals surface area contributed by atoms with Crippen molar-refractivity contribution in [2.24, 2.45) is 7.05 Å². The lowest BCUT2D eigenvalue weighted by Crippen LogP contribution is -2.11. The molecule has 0 fully saturated rings. The Hall–Kier alpha value is -2.73. The van der Waals surface area contributed by atoms with E-state index >= 15 is 0 Å². The van der Waals surface area contributed by atoms with E-state index in [2.05, 4.69) is 4.98 Å². The predicted molar refractivity (Wildman–Crippen MR) is 89.4 cm³/mol. The molecule has 0 aliphatic rings. The van der Waals surface area contributed by atoms with Crippen molar-refractivity contribution in [1.29, 1.82) is 0 Å². The van der Waals surface area contributed by atoms with Crippen LogP contribution in [0.2, 0.25) is 0 Å². The number of rotatable bonds is 4. The van der Waals surface area contributed by atoms with Crippen LogP contribution in [0.15, 0.2) is 36.5 Å². The van der Waals surface area contributed by atoms with Gasteiger partial charge in [0.1, 0.15) is 11.5 Å². The monoisotopic (exact) mass is 313 g/mol. The highest BCUT2D eigenvalue weighted by atomic mass is 16.5. The molecule has 0 amide bonds. The van der Waals surface area contributed by atoms with Crippen LogP contribution in [-0.4, -0.2) is 36.0 Å². The summed E-state index contributed by atoms with van der Waals surface area (Å²) in [4.78, 5) is 4.25. The smallest absolute Gasteiger partial charge is 0.152 e. The molecular formula is C17H19N3O3. The molecule has 0 radical (unpaired) electrons. The first-order valence-electron chi connectivity index (χ1n) is 7.16. The minimum atomic E-state index is 0.488. The standard InChI is InChI=1S/C17H19N3O3/c1-19-12(17-14(22-3)6-5-7-15(17)23-4)8-11-9-16(20(2)21)18-10-13(11)19/h5-10,21H,1-4H3. The quantitative estimate of drug-likeness (QED) is 0.750. The summed E-state index contributed by atoms with van der Waals surface area (Å²) in [6, 6.07) is 9.57. The minimum absolute atomic E-state index is 0.488. The number of hydroxylamine groups is 1. The SMILES string of the molecule is COc1cccc(OC)c1-c1cc2cc(N(C)O)ncc2n1C. The van der Waals surface area contributed by atoms with Crippen LogP contribution in [0.5, 0.6) is 11.5 Å². The molecule has 1 N–H and O–H groups in total. The molecule has 120 valence electrons. The number of pyridine rings is 1. The fraction of sp³-hybridized carbons (Fsp3) is 0.235. The van der Waals surface area contributed by atoms with Gasteiger partial charge >= 0.3 is 0 Å². The Balaban J connectivity index is 2.27.